The Labute approximate surface area is 168 Å². The number of ketones is 1. The average Bonchev–Trinajstić information content (AvgIpc) is 3.00. The van der Waals surface area contributed by atoms with E-state index in [9.17, 15) is 18.8 Å². The summed E-state index contributed by atoms with van der Waals surface area (Å²) in [5, 5.41) is 20.2. The van der Waals surface area contributed by atoms with Crippen LogP contribution in [0.4, 0.5) is 4.39 Å². The summed E-state index contributed by atoms with van der Waals surface area (Å²) in [4.78, 5) is 16.1. The largest absolute Gasteiger partial charge is 0.592 e. The smallest absolute Gasteiger partial charge is 0.265 e. The van der Waals surface area contributed by atoms with Crippen LogP contribution in [-0.4, -0.2) is 49.5 Å². The molecule has 0 amide bonds. The molecule has 7 nitrogen and oxygen atoms in total. The molecule has 28 heavy (non-hydrogen) atoms. The number of ether oxygens (including phenoxy) is 1. The second kappa shape index (κ2) is 8.03. The zero-order valence-corrected chi connectivity index (χ0v) is 16.2. The molecule has 146 valence electrons. The van der Waals surface area contributed by atoms with Crippen LogP contribution in [0.2, 0.25) is 5.02 Å². The van der Waals surface area contributed by atoms with Crippen LogP contribution < -0.4 is 4.74 Å². The van der Waals surface area contributed by atoms with Gasteiger partial charge in [0.05, 0.1) is 29.9 Å². The lowest BCUT2D eigenvalue weighted by molar-refractivity contribution is -0.140. The molecule has 2 aromatic rings. The lowest BCUT2D eigenvalue weighted by Gasteiger charge is -2.26. The molecule has 1 saturated heterocycles. The number of β-amino-alcohol motifs (C(OH)–C–C–N with tert-alkyl or cyclic N) is 1. The van der Waals surface area contributed by atoms with Gasteiger partial charge in [-0.05, 0) is 25.1 Å². The lowest BCUT2D eigenvalue weighted by Crippen LogP contribution is -2.50. The molecule has 3 rings (SSSR count). The van der Waals surface area contributed by atoms with Crippen molar-refractivity contribution in [3.05, 3.63) is 52.9 Å². The molecule has 0 radical (unpaired) electrons. The number of Topliss-reactive ketones (excluding diaryl/α,β-unsaturated/α-hetero) is 1. The number of nitrogens with zero attached hydrogens (tertiary/aromatic N) is 3. The molecule has 1 aliphatic heterocycles. The highest BCUT2D eigenvalue weighted by Gasteiger charge is 2.55. The highest BCUT2D eigenvalue weighted by Crippen LogP contribution is 2.31. The quantitative estimate of drug-likeness (QED) is 0.731. The maximum atomic E-state index is 13.8. The fraction of sp³-hybridized carbons (Fsp3) is 0.278. The maximum Gasteiger partial charge on any atom is 0.265 e. The molecule has 1 aromatic heterocycles. The first-order valence-electron chi connectivity index (χ1n) is 8.12. The van der Waals surface area contributed by atoms with E-state index in [0.717, 1.165) is 6.07 Å². The zero-order valence-electron chi connectivity index (χ0n) is 14.6. The first kappa shape index (κ1) is 20.5. The Morgan fingerprint density at radius 1 is 1.54 bits per heavy atom. The van der Waals surface area contributed by atoms with E-state index in [-0.39, 0.29) is 29.4 Å². The van der Waals surface area contributed by atoms with Crippen molar-refractivity contribution < 1.29 is 23.6 Å². The van der Waals surface area contributed by atoms with E-state index in [0.29, 0.717) is 5.02 Å². The molecule has 1 N–H and O–H groups in total. The number of aliphatic hydroxyl groups is 1. The van der Waals surface area contributed by atoms with E-state index in [1.54, 1.807) is 6.07 Å². The van der Waals surface area contributed by atoms with Crippen LogP contribution in [0.3, 0.4) is 0 Å². The fourth-order valence-electron chi connectivity index (χ4n) is 2.79. The highest BCUT2D eigenvalue weighted by molar-refractivity contribution is 7.89. The molecule has 1 aromatic carbocycles. The minimum Gasteiger partial charge on any atom is -0.592 e. The Kier molecular flexibility index (Phi) is 5.88. The first-order valence-corrected chi connectivity index (χ1v) is 9.61. The molecule has 0 spiro atoms. The molecule has 3 atom stereocenters. The number of hydrogen-bond acceptors (Lipinski definition) is 7. The number of halogens is 2. The van der Waals surface area contributed by atoms with Crippen molar-refractivity contribution in [2.45, 2.75) is 23.7 Å². The van der Waals surface area contributed by atoms with Gasteiger partial charge in [0.1, 0.15) is 29.0 Å². The van der Waals surface area contributed by atoms with Crippen LogP contribution in [0.1, 0.15) is 12.5 Å². The molecule has 1 aliphatic rings. The van der Waals surface area contributed by atoms with Gasteiger partial charge in [-0.2, -0.15) is 5.26 Å². The van der Waals surface area contributed by atoms with Gasteiger partial charge in [0.2, 0.25) is 0 Å². The monoisotopic (exact) mass is 423 g/mol. The van der Waals surface area contributed by atoms with Gasteiger partial charge < -0.3 is 14.4 Å². The Morgan fingerprint density at radius 2 is 2.29 bits per heavy atom. The third-order valence-corrected chi connectivity index (χ3v) is 5.95. The van der Waals surface area contributed by atoms with Gasteiger partial charge in [0.15, 0.2) is 17.5 Å². The van der Waals surface area contributed by atoms with Crippen LogP contribution in [0, 0.1) is 17.1 Å². The van der Waals surface area contributed by atoms with E-state index in [1.165, 1.54) is 41.7 Å². The van der Waals surface area contributed by atoms with Crippen molar-refractivity contribution in [2.75, 3.05) is 13.1 Å². The summed E-state index contributed by atoms with van der Waals surface area (Å²) < 4.78 is 33.6. The third kappa shape index (κ3) is 3.97. The summed E-state index contributed by atoms with van der Waals surface area (Å²) in [5.41, 5.74) is -2.09. The van der Waals surface area contributed by atoms with Crippen LogP contribution in [0.25, 0.3) is 0 Å². The molecule has 1 fully saturated rings. The van der Waals surface area contributed by atoms with Gasteiger partial charge in [0.25, 0.3) is 5.03 Å². The van der Waals surface area contributed by atoms with Gasteiger partial charge in [-0.1, -0.05) is 11.6 Å². The number of carbonyl (C=O) groups excluding carboxylic acids is 1. The maximum absolute atomic E-state index is 13.8. The Morgan fingerprint density at radius 3 is 2.86 bits per heavy atom. The summed E-state index contributed by atoms with van der Waals surface area (Å²) in [6.45, 7) is 0.889. The van der Waals surface area contributed by atoms with E-state index in [4.69, 9.17) is 21.6 Å². The predicted octanol–water partition coefficient (Wildman–Crippen LogP) is 1.85. The first-order chi connectivity index (χ1) is 13.2. The molecular weight excluding hydrogens is 409 g/mol. The van der Waals surface area contributed by atoms with Gasteiger partial charge in [-0.25, -0.2) is 9.37 Å². The normalized spacial score (nSPS) is 23.2. The standard InChI is InChI=1S/C18H15ClFN3O4S/c1-11(24)18(25)10-23(28(26)17-5-3-13(19)8-22-17)9-16(18)27-14-4-2-12(7-21)15(20)6-14/h2-6,8,16,25H,9-10H2,1H3/t16-,18?,28?/m0/s1. The van der Waals surface area contributed by atoms with Crippen molar-refractivity contribution in [2.24, 2.45) is 0 Å². The Balaban J connectivity index is 1.83. The lowest BCUT2D eigenvalue weighted by atomic mass is 9.96. The minimum atomic E-state index is -1.94. The second-order valence-electron chi connectivity index (χ2n) is 6.23. The van der Waals surface area contributed by atoms with Gasteiger partial charge >= 0.3 is 0 Å². The summed E-state index contributed by atoms with van der Waals surface area (Å²) in [5.74, 6) is -1.32. The van der Waals surface area contributed by atoms with Crippen LogP contribution >= 0.6 is 11.6 Å². The van der Waals surface area contributed by atoms with Crippen LogP contribution in [0.15, 0.2) is 41.6 Å². The highest BCUT2D eigenvalue weighted by atomic mass is 35.5. The van der Waals surface area contributed by atoms with Crippen molar-refractivity contribution in [1.82, 2.24) is 9.29 Å². The fourth-order valence-corrected chi connectivity index (χ4v) is 4.08. The Hall–Kier alpha value is -2.22. The average molecular weight is 424 g/mol. The van der Waals surface area contributed by atoms with Crippen molar-refractivity contribution in [1.29, 1.82) is 5.26 Å². The minimum absolute atomic E-state index is 0.0402. The zero-order chi connectivity index (χ0) is 20.5. The summed E-state index contributed by atoms with van der Waals surface area (Å²) in [7, 11) is 0. The Bertz CT molecular complexity index is 939. The topological polar surface area (TPSA) is 110 Å². The van der Waals surface area contributed by atoms with E-state index < -0.39 is 34.7 Å². The number of pyridine rings is 1. The second-order valence-corrected chi connectivity index (χ2v) is 8.10. The number of hydrogen-bond donors (Lipinski definition) is 1. The van der Waals surface area contributed by atoms with Gasteiger partial charge in [0, 0.05) is 12.1 Å². The molecule has 0 saturated carbocycles. The van der Waals surface area contributed by atoms with Crippen molar-refractivity contribution in [3.8, 4) is 11.8 Å². The number of benzene rings is 1. The molecule has 2 heterocycles. The van der Waals surface area contributed by atoms with Crippen molar-refractivity contribution in [3.63, 3.8) is 0 Å². The van der Waals surface area contributed by atoms with Crippen molar-refractivity contribution >= 4 is 28.7 Å². The number of aromatic nitrogens is 1. The molecule has 0 aliphatic carbocycles. The molecule has 0 bridgehead atoms. The summed E-state index contributed by atoms with van der Waals surface area (Å²) in [6.07, 6.45) is 0.254. The summed E-state index contributed by atoms with van der Waals surface area (Å²) in [6, 6.07) is 8.31. The number of carbonyl (C=O) groups is 1. The number of nitriles is 1. The third-order valence-electron chi connectivity index (χ3n) is 4.38. The van der Waals surface area contributed by atoms with Gasteiger partial charge in [-0.15, -0.1) is 4.31 Å². The van der Waals surface area contributed by atoms with Crippen LogP contribution in [-0.2, 0) is 16.2 Å². The van der Waals surface area contributed by atoms with Crippen LogP contribution in [0.5, 0.6) is 5.75 Å². The molecule has 10 heteroatoms. The SMILES string of the molecule is CC(=O)C1(O)CN([S+]([O-])c2ccc(Cl)cn2)C[C@@H]1Oc1ccc(C#N)c(F)c1. The molecular formula is C18H15ClFN3O4S. The van der Waals surface area contributed by atoms with Gasteiger partial charge in [-0.3, -0.25) is 4.79 Å². The molecule has 2 unspecified atom stereocenters. The van der Waals surface area contributed by atoms with E-state index >= 15 is 0 Å². The predicted molar refractivity (Wildman–Crippen MR) is 98.4 cm³/mol. The van der Waals surface area contributed by atoms with E-state index in [2.05, 4.69) is 4.98 Å². The summed E-state index contributed by atoms with van der Waals surface area (Å²) >= 11 is 4.02. The number of rotatable bonds is 5. The van der Waals surface area contributed by atoms with E-state index in [1.807, 2.05) is 0 Å².